The summed E-state index contributed by atoms with van der Waals surface area (Å²) in [5.41, 5.74) is 2.68. The number of benzene rings is 1. The van der Waals surface area contributed by atoms with E-state index in [0.29, 0.717) is 0 Å². The van der Waals surface area contributed by atoms with Crippen LogP contribution in [-0.4, -0.2) is 25.1 Å². The molecule has 1 rings (SSSR count). The summed E-state index contributed by atoms with van der Waals surface area (Å²) in [5, 5.41) is 10.8. The van der Waals surface area contributed by atoms with E-state index in [4.69, 9.17) is 0 Å². The van der Waals surface area contributed by atoms with Gasteiger partial charge in [0.15, 0.2) is 0 Å². The van der Waals surface area contributed by atoms with Gasteiger partial charge in [-0.3, -0.25) is 10.1 Å². The van der Waals surface area contributed by atoms with Gasteiger partial charge in [0.05, 0.1) is 36.8 Å². The van der Waals surface area contributed by atoms with Crippen LogP contribution in [0, 0.1) is 10.1 Å². The fraction of sp³-hybridized carbons (Fsp3) is 0.300. The zero-order valence-corrected chi connectivity index (χ0v) is 9.43. The normalized spacial score (nSPS) is 10.0. The number of nitrogens with zero attached hydrogens (tertiary/aromatic N) is 1. The van der Waals surface area contributed by atoms with Gasteiger partial charge in [0.1, 0.15) is 0 Å². The van der Waals surface area contributed by atoms with Crippen LogP contribution >= 0.6 is 0 Å². The number of carbonyl (C=O) groups is 1. The lowest BCUT2D eigenvalue weighted by Gasteiger charge is -2.08. The number of nitro groups is 1. The number of hydrogen-bond donors (Lipinski definition) is 1. The maximum Gasteiger partial charge on any atom is 0.338 e. The average molecular weight is 240 g/mol. The lowest BCUT2D eigenvalue weighted by atomic mass is 10.1. The summed E-state index contributed by atoms with van der Waals surface area (Å²) in [7, 11) is 2.60. The number of nitro benzene ring substituents is 1. The van der Waals surface area contributed by atoms with Gasteiger partial charge in [0.25, 0.3) is 5.69 Å². The Morgan fingerprint density at radius 1 is 1.47 bits per heavy atom. The first-order chi connectivity index (χ1) is 8.11. The van der Waals surface area contributed by atoms with Crippen molar-refractivity contribution in [1.29, 1.82) is 0 Å². The molecule has 7 heteroatoms. The van der Waals surface area contributed by atoms with Crippen LogP contribution in [0.4, 0.5) is 5.69 Å². The minimum Gasteiger partial charge on any atom is -0.465 e. The molecule has 0 bridgehead atoms. The molecule has 0 amide bonds. The average Bonchev–Trinajstić information content (AvgIpc) is 2.34. The van der Waals surface area contributed by atoms with Crippen LogP contribution in [0.5, 0.6) is 0 Å². The molecule has 0 aromatic heterocycles. The van der Waals surface area contributed by atoms with Crippen molar-refractivity contribution in [3.63, 3.8) is 0 Å². The van der Waals surface area contributed by atoms with E-state index in [0.717, 1.165) is 0 Å². The minimum absolute atomic E-state index is 0.0398. The van der Waals surface area contributed by atoms with E-state index in [2.05, 4.69) is 15.1 Å². The summed E-state index contributed by atoms with van der Waals surface area (Å²) in [6, 6.07) is 4.21. The fourth-order valence-corrected chi connectivity index (χ4v) is 1.38. The van der Waals surface area contributed by atoms with Crippen LogP contribution < -0.4 is 5.48 Å². The van der Waals surface area contributed by atoms with Gasteiger partial charge in [-0.15, -0.1) is 0 Å². The Kier molecular flexibility index (Phi) is 4.56. The Hall–Kier alpha value is -1.99. The van der Waals surface area contributed by atoms with Crippen molar-refractivity contribution in [2.24, 2.45) is 0 Å². The van der Waals surface area contributed by atoms with Gasteiger partial charge in [-0.2, -0.15) is 5.48 Å². The number of rotatable bonds is 5. The van der Waals surface area contributed by atoms with Crippen LogP contribution in [0.15, 0.2) is 18.2 Å². The molecular formula is C10H12N2O5. The van der Waals surface area contributed by atoms with Gasteiger partial charge in [-0.25, -0.2) is 4.79 Å². The molecule has 0 spiro atoms. The third-order valence-electron chi connectivity index (χ3n) is 2.15. The highest BCUT2D eigenvalue weighted by molar-refractivity contribution is 5.92. The number of hydroxylamine groups is 1. The first-order valence-electron chi connectivity index (χ1n) is 4.72. The van der Waals surface area contributed by atoms with Crippen molar-refractivity contribution in [3.8, 4) is 0 Å². The monoisotopic (exact) mass is 240 g/mol. The Labute approximate surface area is 97.4 Å². The van der Waals surface area contributed by atoms with Crippen LogP contribution in [-0.2, 0) is 16.1 Å². The van der Waals surface area contributed by atoms with E-state index in [1.165, 1.54) is 32.4 Å². The summed E-state index contributed by atoms with van der Waals surface area (Å²) >= 11 is 0. The lowest BCUT2D eigenvalue weighted by molar-refractivity contribution is -0.385. The summed E-state index contributed by atoms with van der Waals surface area (Å²) in [5.74, 6) is -0.624. The van der Waals surface area contributed by atoms with E-state index in [1.54, 1.807) is 0 Å². The number of carbonyl (C=O) groups excluding carboxylic acids is 1. The highest BCUT2D eigenvalue weighted by Gasteiger charge is 2.21. The van der Waals surface area contributed by atoms with E-state index in [1.807, 2.05) is 0 Å². The maximum atomic E-state index is 11.5. The van der Waals surface area contributed by atoms with Crippen molar-refractivity contribution in [3.05, 3.63) is 39.4 Å². The molecule has 0 aliphatic carbocycles. The number of ether oxygens (including phenoxy) is 1. The predicted octanol–water partition coefficient (Wildman–Crippen LogP) is 1.03. The van der Waals surface area contributed by atoms with E-state index in [-0.39, 0.29) is 23.4 Å². The highest BCUT2D eigenvalue weighted by Crippen LogP contribution is 2.22. The summed E-state index contributed by atoms with van der Waals surface area (Å²) in [4.78, 5) is 26.4. The first-order valence-corrected chi connectivity index (χ1v) is 4.72. The second-order valence-corrected chi connectivity index (χ2v) is 3.08. The van der Waals surface area contributed by atoms with Gasteiger partial charge in [0, 0.05) is 6.07 Å². The summed E-state index contributed by atoms with van der Waals surface area (Å²) < 4.78 is 4.56. The molecule has 0 saturated heterocycles. The molecule has 7 nitrogen and oxygen atoms in total. The van der Waals surface area contributed by atoms with Gasteiger partial charge in [-0.05, 0) is 6.07 Å². The van der Waals surface area contributed by atoms with Crippen LogP contribution in [0.3, 0.4) is 0 Å². The molecule has 92 valence electrons. The molecular weight excluding hydrogens is 228 g/mol. The quantitative estimate of drug-likeness (QED) is 0.469. The minimum atomic E-state index is -0.624. The Morgan fingerprint density at radius 2 is 2.18 bits per heavy atom. The SMILES string of the molecule is CONCc1c(C(=O)OC)cccc1[N+](=O)[O-]. The fourth-order valence-electron chi connectivity index (χ4n) is 1.38. The molecule has 1 aromatic carbocycles. The Balaban J connectivity index is 3.23. The molecule has 0 fully saturated rings. The highest BCUT2D eigenvalue weighted by atomic mass is 16.6. The number of esters is 1. The maximum absolute atomic E-state index is 11.5. The zero-order valence-electron chi connectivity index (χ0n) is 9.43. The predicted molar refractivity (Wildman–Crippen MR) is 58.3 cm³/mol. The zero-order chi connectivity index (χ0) is 12.8. The van der Waals surface area contributed by atoms with E-state index in [9.17, 15) is 14.9 Å². The molecule has 0 aliphatic rings. The first kappa shape index (κ1) is 13.1. The molecule has 1 aromatic rings. The molecule has 0 heterocycles. The molecule has 0 unspecified atom stereocenters. The number of nitrogens with one attached hydrogen (secondary N) is 1. The van der Waals surface area contributed by atoms with Crippen molar-refractivity contribution < 1.29 is 19.3 Å². The van der Waals surface area contributed by atoms with Crippen LogP contribution in [0.2, 0.25) is 0 Å². The molecule has 17 heavy (non-hydrogen) atoms. The summed E-state index contributed by atoms with van der Waals surface area (Å²) in [6.45, 7) is 0.0398. The molecule has 0 aliphatic heterocycles. The van der Waals surface area contributed by atoms with Crippen LogP contribution in [0.25, 0.3) is 0 Å². The van der Waals surface area contributed by atoms with Gasteiger partial charge >= 0.3 is 5.97 Å². The topological polar surface area (TPSA) is 90.7 Å². The Bertz CT molecular complexity index is 433. The van der Waals surface area contributed by atoms with Gasteiger partial charge in [-0.1, -0.05) is 6.07 Å². The molecule has 0 saturated carbocycles. The second-order valence-electron chi connectivity index (χ2n) is 3.08. The van der Waals surface area contributed by atoms with Crippen molar-refractivity contribution in [2.75, 3.05) is 14.2 Å². The van der Waals surface area contributed by atoms with E-state index >= 15 is 0 Å². The van der Waals surface area contributed by atoms with Gasteiger partial charge < -0.3 is 9.57 Å². The van der Waals surface area contributed by atoms with Crippen molar-refractivity contribution in [1.82, 2.24) is 5.48 Å². The standard InChI is InChI=1S/C10H12N2O5/c1-16-10(13)7-4-3-5-9(12(14)15)8(7)6-11-17-2/h3-5,11H,6H2,1-2H3. The van der Waals surface area contributed by atoms with Crippen LogP contribution in [0.1, 0.15) is 15.9 Å². The smallest absolute Gasteiger partial charge is 0.338 e. The summed E-state index contributed by atoms with van der Waals surface area (Å²) in [6.07, 6.45) is 0. The Morgan fingerprint density at radius 3 is 2.71 bits per heavy atom. The lowest BCUT2D eigenvalue weighted by Crippen LogP contribution is -2.16. The molecule has 0 radical (unpaired) electrons. The molecule has 1 N–H and O–H groups in total. The number of hydrogen-bond acceptors (Lipinski definition) is 6. The third-order valence-corrected chi connectivity index (χ3v) is 2.15. The van der Waals surface area contributed by atoms with Crippen molar-refractivity contribution in [2.45, 2.75) is 6.54 Å². The van der Waals surface area contributed by atoms with Crippen molar-refractivity contribution >= 4 is 11.7 Å². The second kappa shape index (κ2) is 5.92. The number of methoxy groups -OCH3 is 1. The largest absolute Gasteiger partial charge is 0.465 e. The van der Waals surface area contributed by atoms with E-state index < -0.39 is 10.9 Å². The molecule has 0 atom stereocenters. The third kappa shape index (κ3) is 2.99. The van der Waals surface area contributed by atoms with Gasteiger partial charge in [0.2, 0.25) is 0 Å².